The van der Waals surface area contributed by atoms with Gasteiger partial charge in [0.05, 0.1) is 0 Å². The second-order valence-electron chi connectivity index (χ2n) is 7.71. The third-order valence-corrected chi connectivity index (χ3v) is 5.38. The summed E-state index contributed by atoms with van der Waals surface area (Å²) in [6, 6.07) is 9.87. The minimum absolute atomic E-state index is 0.295. The smallest absolute Gasteiger partial charge is 0.313 e. The number of hydrogen-bond acceptors (Lipinski definition) is 4. The van der Waals surface area contributed by atoms with E-state index in [2.05, 4.69) is 14.5 Å². The van der Waals surface area contributed by atoms with E-state index in [-0.39, 0.29) is 11.2 Å². The van der Waals surface area contributed by atoms with E-state index in [1.165, 1.54) is 9.13 Å². The minimum atomic E-state index is -0.337. The first-order valence-corrected chi connectivity index (χ1v) is 9.75. The van der Waals surface area contributed by atoms with Gasteiger partial charge in [0.25, 0.3) is 5.56 Å². The van der Waals surface area contributed by atoms with Gasteiger partial charge in [-0.05, 0) is 33.0 Å². The van der Waals surface area contributed by atoms with Crippen molar-refractivity contribution in [1.29, 1.82) is 0 Å². The van der Waals surface area contributed by atoms with Crippen LogP contribution in [0.5, 0.6) is 0 Å². The highest BCUT2D eigenvalue weighted by Crippen LogP contribution is 2.16. The molecule has 0 bridgehead atoms. The zero-order valence-electron chi connectivity index (χ0n) is 17.3. The zero-order valence-corrected chi connectivity index (χ0v) is 17.3. The lowest BCUT2D eigenvalue weighted by atomic mass is 10.1. The number of rotatable bonds is 6. The van der Waals surface area contributed by atoms with Crippen LogP contribution in [-0.2, 0) is 26.6 Å². The first kappa shape index (κ1) is 19.2. The van der Waals surface area contributed by atoms with Crippen LogP contribution in [0.3, 0.4) is 0 Å². The van der Waals surface area contributed by atoms with Gasteiger partial charge in [-0.15, -0.1) is 0 Å². The Kier molecular flexibility index (Phi) is 4.87. The van der Waals surface area contributed by atoms with Gasteiger partial charge < -0.3 is 9.47 Å². The number of aromatic nitrogens is 5. The Labute approximate surface area is 168 Å². The van der Waals surface area contributed by atoms with Crippen LogP contribution in [0, 0.1) is 6.92 Å². The molecule has 3 aromatic heterocycles. The van der Waals surface area contributed by atoms with E-state index >= 15 is 0 Å². The molecule has 0 amide bonds. The molecule has 3 heterocycles. The van der Waals surface area contributed by atoms with Gasteiger partial charge in [0.2, 0.25) is 5.78 Å². The molecule has 0 aliphatic rings. The lowest BCUT2D eigenvalue weighted by Gasteiger charge is -2.11. The Balaban J connectivity index is 1.85. The van der Waals surface area contributed by atoms with Gasteiger partial charge in [-0.3, -0.25) is 18.3 Å². The molecule has 0 spiro atoms. The zero-order chi connectivity index (χ0) is 20.7. The van der Waals surface area contributed by atoms with Crippen LogP contribution < -0.4 is 11.2 Å². The molecule has 4 rings (SSSR count). The fourth-order valence-electron chi connectivity index (χ4n) is 3.71. The van der Waals surface area contributed by atoms with E-state index in [9.17, 15) is 9.59 Å². The largest absolute Gasteiger partial charge is 0.332 e. The summed E-state index contributed by atoms with van der Waals surface area (Å²) in [7, 11) is 5.72. The first-order valence-electron chi connectivity index (χ1n) is 9.75. The van der Waals surface area contributed by atoms with Crippen LogP contribution in [0.1, 0.15) is 11.3 Å². The summed E-state index contributed by atoms with van der Waals surface area (Å²) < 4.78 is 6.69. The lowest BCUT2D eigenvalue weighted by molar-refractivity contribution is 0.384. The highest BCUT2D eigenvalue weighted by Gasteiger charge is 2.20. The maximum Gasteiger partial charge on any atom is 0.332 e. The molecule has 0 saturated carbocycles. The molecule has 8 nitrogen and oxygen atoms in total. The van der Waals surface area contributed by atoms with Crippen molar-refractivity contribution in [1.82, 2.24) is 28.0 Å². The van der Waals surface area contributed by atoms with E-state index in [4.69, 9.17) is 0 Å². The van der Waals surface area contributed by atoms with E-state index in [1.54, 1.807) is 7.05 Å². The van der Waals surface area contributed by atoms with Crippen LogP contribution in [0.2, 0.25) is 0 Å². The molecule has 29 heavy (non-hydrogen) atoms. The monoisotopic (exact) mass is 394 g/mol. The Morgan fingerprint density at radius 2 is 1.76 bits per heavy atom. The van der Waals surface area contributed by atoms with Gasteiger partial charge in [-0.1, -0.05) is 30.3 Å². The summed E-state index contributed by atoms with van der Waals surface area (Å²) >= 11 is 0. The highest BCUT2D eigenvalue weighted by atomic mass is 16.2. The molecule has 8 heteroatoms. The Hall–Kier alpha value is -3.13. The second kappa shape index (κ2) is 7.36. The van der Waals surface area contributed by atoms with Crippen molar-refractivity contribution in [2.75, 3.05) is 20.6 Å². The average molecular weight is 394 g/mol. The number of imidazole rings is 2. The molecule has 0 atom stereocenters. The number of likely N-dealkylation sites (N-methyl/N-ethyl adjacent to an activating group) is 1. The fraction of sp³-hybridized carbons (Fsp3) is 0.381. The van der Waals surface area contributed by atoms with Crippen molar-refractivity contribution in [3.05, 3.63) is 68.6 Å². The number of fused-ring (bicyclic) bond motifs is 3. The van der Waals surface area contributed by atoms with Crippen LogP contribution in [0.25, 0.3) is 16.9 Å². The summed E-state index contributed by atoms with van der Waals surface area (Å²) in [4.78, 5) is 32.9. The number of hydrogen-bond donors (Lipinski definition) is 0. The van der Waals surface area contributed by atoms with Gasteiger partial charge in [0, 0.05) is 38.6 Å². The number of nitrogens with zero attached hydrogens (tertiary/aromatic N) is 6. The predicted octanol–water partition coefficient (Wildman–Crippen LogP) is 1.26. The number of benzene rings is 1. The molecule has 0 radical (unpaired) electrons. The maximum atomic E-state index is 13.3. The van der Waals surface area contributed by atoms with E-state index in [1.807, 2.05) is 61.9 Å². The van der Waals surface area contributed by atoms with Gasteiger partial charge in [0.1, 0.15) is 0 Å². The van der Waals surface area contributed by atoms with Crippen molar-refractivity contribution in [2.45, 2.75) is 26.4 Å². The van der Waals surface area contributed by atoms with Crippen molar-refractivity contribution >= 4 is 16.9 Å². The molecule has 1 aromatic carbocycles. The van der Waals surface area contributed by atoms with E-state index in [0.29, 0.717) is 29.9 Å². The first-order chi connectivity index (χ1) is 13.9. The van der Waals surface area contributed by atoms with Gasteiger partial charge in [-0.2, -0.15) is 4.98 Å². The third kappa shape index (κ3) is 3.29. The molecule has 0 N–H and O–H groups in total. The topological polar surface area (TPSA) is 69.5 Å². The average Bonchev–Trinajstić information content (AvgIpc) is 3.20. The van der Waals surface area contributed by atoms with Crippen molar-refractivity contribution in [2.24, 2.45) is 7.05 Å². The quantitative estimate of drug-likeness (QED) is 0.494. The van der Waals surface area contributed by atoms with Crippen LogP contribution >= 0.6 is 0 Å². The summed E-state index contributed by atoms with van der Waals surface area (Å²) in [6.07, 6.45) is 2.54. The van der Waals surface area contributed by atoms with Gasteiger partial charge in [0.15, 0.2) is 11.2 Å². The predicted molar refractivity (Wildman–Crippen MR) is 114 cm³/mol. The summed E-state index contributed by atoms with van der Waals surface area (Å²) in [6.45, 7) is 3.95. The van der Waals surface area contributed by atoms with Gasteiger partial charge in [-0.25, -0.2) is 4.79 Å². The minimum Gasteiger partial charge on any atom is -0.313 e. The highest BCUT2D eigenvalue weighted by molar-refractivity contribution is 5.75. The summed E-state index contributed by atoms with van der Waals surface area (Å²) in [5.41, 5.74) is 2.35. The number of aryl methyl sites for hydroxylation is 3. The molecule has 0 aliphatic heterocycles. The summed E-state index contributed by atoms with van der Waals surface area (Å²) in [5.74, 6) is 0.687. The second-order valence-corrected chi connectivity index (χ2v) is 7.71. The Morgan fingerprint density at radius 1 is 1.03 bits per heavy atom. The molecule has 0 aliphatic carbocycles. The molecule has 4 aromatic rings. The van der Waals surface area contributed by atoms with Gasteiger partial charge >= 0.3 is 5.69 Å². The summed E-state index contributed by atoms with van der Waals surface area (Å²) in [5, 5.41) is 0. The van der Waals surface area contributed by atoms with Crippen LogP contribution in [0.4, 0.5) is 0 Å². The Bertz CT molecular complexity index is 1290. The van der Waals surface area contributed by atoms with Crippen molar-refractivity contribution < 1.29 is 0 Å². The standard InChI is InChI=1S/C21H26N6O2/c1-15-14-27-17-18(22-20(27)25(15)13-12-23(2)3)24(4)21(29)26(19(17)28)11-10-16-8-6-5-7-9-16/h5-9,14H,10-13H2,1-4H3. The van der Waals surface area contributed by atoms with Crippen LogP contribution in [-0.4, -0.2) is 48.6 Å². The fourth-order valence-corrected chi connectivity index (χ4v) is 3.71. The Morgan fingerprint density at radius 3 is 2.45 bits per heavy atom. The lowest BCUT2D eigenvalue weighted by Crippen LogP contribution is -2.39. The molecular formula is C21H26N6O2. The normalized spacial score (nSPS) is 11.9. The van der Waals surface area contributed by atoms with E-state index in [0.717, 1.165) is 24.3 Å². The van der Waals surface area contributed by atoms with Crippen molar-refractivity contribution in [3.8, 4) is 0 Å². The van der Waals surface area contributed by atoms with E-state index < -0.39 is 0 Å². The van der Waals surface area contributed by atoms with Crippen LogP contribution in [0.15, 0.2) is 46.1 Å². The molecule has 0 unspecified atom stereocenters. The molecule has 0 saturated heterocycles. The third-order valence-electron chi connectivity index (χ3n) is 5.38. The molecule has 152 valence electrons. The molecular weight excluding hydrogens is 368 g/mol. The maximum absolute atomic E-state index is 13.3. The molecule has 0 fully saturated rings. The van der Waals surface area contributed by atoms with Crippen molar-refractivity contribution in [3.63, 3.8) is 0 Å². The SMILES string of the molecule is Cc1cn2c3c(=O)n(CCc4ccccc4)c(=O)n(C)c3nc2n1CCN(C)C.